The molecule has 0 aliphatic carbocycles. The highest BCUT2D eigenvalue weighted by molar-refractivity contribution is 5.77. The molecule has 1 atom stereocenters. The van der Waals surface area contributed by atoms with Gasteiger partial charge in [-0.1, -0.05) is 13.0 Å². The van der Waals surface area contributed by atoms with Crippen LogP contribution >= 0.6 is 0 Å². The van der Waals surface area contributed by atoms with Gasteiger partial charge in [-0.15, -0.1) is 0 Å². The minimum atomic E-state index is 0.161. The molecule has 1 aromatic heterocycles. The summed E-state index contributed by atoms with van der Waals surface area (Å²) in [6, 6.07) is 6.07. The lowest BCUT2D eigenvalue weighted by molar-refractivity contribution is -0.136. The van der Waals surface area contributed by atoms with Crippen molar-refractivity contribution in [2.24, 2.45) is 0 Å². The van der Waals surface area contributed by atoms with Crippen LogP contribution < -0.4 is 0 Å². The molecule has 2 heterocycles. The lowest BCUT2D eigenvalue weighted by atomic mass is 10.0. The van der Waals surface area contributed by atoms with Gasteiger partial charge in [0.05, 0.1) is 11.7 Å². The molecular weight excluding hydrogens is 200 g/mol. The van der Waals surface area contributed by atoms with E-state index in [9.17, 15) is 4.79 Å². The van der Waals surface area contributed by atoms with Crippen LogP contribution in [-0.2, 0) is 4.79 Å². The van der Waals surface area contributed by atoms with Crippen LogP contribution in [0, 0.1) is 0 Å². The average Bonchev–Trinajstić information content (AvgIpc) is 2.34. The molecule has 0 aromatic carbocycles. The third-order valence-corrected chi connectivity index (χ3v) is 3.15. The number of rotatable bonds is 3. The van der Waals surface area contributed by atoms with E-state index in [0.717, 1.165) is 31.5 Å². The van der Waals surface area contributed by atoms with Crippen molar-refractivity contribution in [3.05, 3.63) is 30.1 Å². The number of hydrogen-bond acceptors (Lipinski definition) is 2. The van der Waals surface area contributed by atoms with Gasteiger partial charge in [0.2, 0.25) is 5.91 Å². The number of aromatic nitrogens is 1. The van der Waals surface area contributed by atoms with Crippen molar-refractivity contribution in [1.29, 1.82) is 0 Å². The first-order chi connectivity index (χ1) is 7.83. The molecule has 0 saturated carbocycles. The smallest absolute Gasteiger partial charge is 0.223 e. The Morgan fingerprint density at radius 1 is 1.44 bits per heavy atom. The van der Waals surface area contributed by atoms with Gasteiger partial charge in [-0.05, 0) is 31.4 Å². The van der Waals surface area contributed by atoms with Gasteiger partial charge in [-0.25, -0.2) is 0 Å². The van der Waals surface area contributed by atoms with Gasteiger partial charge in [-0.2, -0.15) is 0 Å². The predicted molar refractivity (Wildman–Crippen MR) is 62.8 cm³/mol. The second kappa shape index (κ2) is 5.10. The summed E-state index contributed by atoms with van der Waals surface area (Å²) in [5.74, 6) is 0.281. The second-order valence-corrected chi connectivity index (χ2v) is 4.22. The lowest BCUT2D eigenvalue weighted by Crippen LogP contribution is -2.38. The van der Waals surface area contributed by atoms with Crippen LogP contribution in [0.1, 0.15) is 44.3 Å². The first kappa shape index (κ1) is 11.1. The highest BCUT2D eigenvalue weighted by Gasteiger charge is 2.26. The topological polar surface area (TPSA) is 33.2 Å². The molecule has 1 aliphatic rings. The standard InChI is InChI=1S/C13H18N2O/c1-2-12(11-7-3-5-9-14-11)15-10-6-4-8-13(15)16/h3,5,7,9,12H,2,4,6,8,10H2,1H3. The maximum atomic E-state index is 11.9. The summed E-state index contributed by atoms with van der Waals surface area (Å²) < 4.78 is 0. The van der Waals surface area contributed by atoms with Crippen molar-refractivity contribution in [3.8, 4) is 0 Å². The van der Waals surface area contributed by atoms with Crippen LogP contribution in [0.3, 0.4) is 0 Å². The number of piperidine rings is 1. The van der Waals surface area contributed by atoms with E-state index in [-0.39, 0.29) is 11.9 Å². The number of pyridine rings is 1. The van der Waals surface area contributed by atoms with E-state index in [1.54, 1.807) is 6.20 Å². The highest BCUT2D eigenvalue weighted by Crippen LogP contribution is 2.26. The third-order valence-electron chi connectivity index (χ3n) is 3.15. The van der Waals surface area contributed by atoms with Gasteiger partial charge in [-0.3, -0.25) is 9.78 Å². The van der Waals surface area contributed by atoms with Crippen LogP contribution in [0.15, 0.2) is 24.4 Å². The molecule has 3 heteroatoms. The van der Waals surface area contributed by atoms with Crippen molar-refractivity contribution < 1.29 is 4.79 Å². The van der Waals surface area contributed by atoms with Gasteiger partial charge < -0.3 is 4.90 Å². The van der Waals surface area contributed by atoms with Crippen LogP contribution in [0.2, 0.25) is 0 Å². The van der Waals surface area contributed by atoms with E-state index < -0.39 is 0 Å². The average molecular weight is 218 g/mol. The Balaban J connectivity index is 2.18. The van der Waals surface area contributed by atoms with Crippen LogP contribution in [0.4, 0.5) is 0 Å². The maximum absolute atomic E-state index is 11.9. The maximum Gasteiger partial charge on any atom is 0.223 e. The summed E-state index contributed by atoms with van der Waals surface area (Å²) in [6.07, 6.45) is 5.58. The zero-order valence-corrected chi connectivity index (χ0v) is 9.72. The number of hydrogen-bond donors (Lipinski definition) is 0. The van der Waals surface area contributed by atoms with Gasteiger partial charge in [0.15, 0.2) is 0 Å². The minimum absolute atomic E-state index is 0.161. The summed E-state index contributed by atoms with van der Waals surface area (Å²) in [4.78, 5) is 18.2. The van der Waals surface area contributed by atoms with Crippen LogP contribution in [0.5, 0.6) is 0 Å². The Bertz CT molecular complexity index is 350. The van der Waals surface area contributed by atoms with E-state index in [1.807, 2.05) is 23.1 Å². The Hall–Kier alpha value is -1.38. The zero-order chi connectivity index (χ0) is 11.4. The van der Waals surface area contributed by atoms with Crippen molar-refractivity contribution in [2.75, 3.05) is 6.54 Å². The van der Waals surface area contributed by atoms with E-state index in [2.05, 4.69) is 11.9 Å². The Morgan fingerprint density at radius 3 is 2.94 bits per heavy atom. The first-order valence-corrected chi connectivity index (χ1v) is 6.03. The molecule has 0 radical (unpaired) electrons. The lowest BCUT2D eigenvalue weighted by Gasteiger charge is -2.33. The highest BCUT2D eigenvalue weighted by atomic mass is 16.2. The Morgan fingerprint density at radius 2 is 2.31 bits per heavy atom. The summed E-state index contributed by atoms with van der Waals surface area (Å²) in [5, 5.41) is 0. The molecule has 1 fully saturated rings. The molecule has 0 N–H and O–H groups in total. The first-order valence-electron chi connectivity index (χ1n) is 6.03. The molecular formula is C13H18N2O. The van der Waals surface area contributed by atoms with Crippen molar-refractivity contribution in [2.45, 2.75) is 38.6 Å². The zero-order valence-electron chi connectivity index (χ0n) is 9.72. The number of nitrogens with zero attached hydrogens (tertiary/aromatic N) is 2. The molecule has 1 aliphatic heterocycles. The molecule has 86 valence electrons. The predicted octanol–water partition coefficient (Wildman–Crippen LogP) is 2.55. The van der Waals surface area contributed by atoms with Crippen molar-refractivity contribution in [1.82, 2.24) is 9.88 Å². The number of carbonyl (C=O) groups is 1. The molecule has 1 amide bonds. The monoisotopic (exact) mass is 218 g/mol. The van der Waals surface area contributed by atoms with Gasteiger partial charge in [0.25, 0.3) is 0 Å². The van der Waals surface area contributed by atoms with Crippen LogP contribution in [0.25, 0.3) is 0 Å². The Labute approximate surface area is 96.5 Å². The van der Waals surface area contributed by atoms with Gasteiger partial charge in [0.1, 0.15) is 0 Å². The summed E-state index contributed by atoms with van der Waals surface area (Å²) in [5.41, 5.74) is 1.01. The molecule has 1 aromatic rings. The van der Waals surface area contributed by atoms with E-state index in [1.165, 1.54) is 0 Å². The van der Waals surface area contributed by atoms with E-state index >= 15 is 0 Å². The molecule has 1 unspecified atom stereocenters. The number of amides is 1. The summed E-state index contributed by atoms with van der Waals surface area (Å²) in [7, 11) is 0. The van der Waals surface area contributed by atoms with Gasteiger partial charge in [0, 0.05) is 19.2 Å². The number of likely N-dealkylation sites (tertiary alicyclic amines) is 1. The number of carbonyl (C=O) groups excluding carboxylic acids is 1. The van der Waals surface area contributed by atoms with Gasteiger partial charge >= 0.3 is 0 Å². The summed E-state index contributed by atoms with van der Waals surface area (Å²) in [6.45, 7) is 3.00. The molecule has 0 spiro atoms. The third kappa shape index (κ3) is 2.23. The SMILES string of the molecule is CCC(c1ccccn1)N1CCCCC1=O. The van der Waals surface area contributed by atoms with E-state index in [4.69, 9.17) is 0 Å². The largest absolute Gasteiger partial charge is 0.334 e. The van der Waals surface area contributed by atoms with Crippen LogP contribution in [-0.4, -0.2) is 22.3 Å². The van der Waals surface area contributed by atoms with E-state index in [0.29, 0.717) is 6.42 Å². The Kier molecular flexibility index (Phi) is 3.54. The second-order valence-electron chi connectivity index (χ2n) is 4.22. The molecule has 16 heavy (non-hydrogen) atoms. The molecule has 1 saturated heterocycles. The quantitative estimate of drug-likeness (QED) is 0.781. The molecule has 2 rings (SSSR count). The minimum Gasteiger partial charge on any atom is -0.334 e. The van der Waals surface area contributed by atoms with Crippen molar-refractivity contribution in [3.63, 3.8) is 0 Å². The molecule has 0 bridgehead atoms. The fraction of sp³-hybridized carbons (Fsp3) is 0.538. The molecule has 3 nitrogen and oxygen atoms in total. The normalized spacial score (nSPS) is 18.6. The fourth-order valence-corrected chi connectivity index (χ4v) is 2.32. The fourth-order valence-electron chi connectivity index (χ4n) is 2.32. The summed E-state index contributed by atoms with van der Waals surface area (Å²) >= 11 is 0. The van der Waals surface area contributed by atoms with Crippen molar-refractivity contribution >= 4 is 5.91 Å².